The van der Waals surface area contributed by atoms with Crippen molar-refractivity contribution in [2.45, 2.75) is 90.1 Å². The molecule has 0 spiro atoms. The maximum atomic E-state index is 13.6. The summed E-state index contributed by atoms with van der Waals surface area (Å²) in [4.78, 5) is 53.9. The Morgan fingerprint density at radius 2 is 1.74 bits per heavy atom. The third kappa shape index (κ3) is 7.81. The van der Waals surface area contributed by atoms with Gasteiger partial charge in [-0.15, -0.1) is 0 Å². The standard InChI is InChI=1S/C29H40N4O6/c1-19(34)30-21-10-12-22(13-11-21)31-26(35)16-24-27(36)33(15-14-20-8-6-5-7-9-20)23-17-32(18-25(23)38-24)28(37)39-29(2,3)4/h8,10-13,23-25H,5-7,9,14-18H2,1-4H3,(H,30,34)(H,31,35). The van der Waals surface area contributed by atoms with Gasteiger partial charge in [-0.2, -0.15) is 0 Å². The predicted molar refractivity (Wildman–Crippen MR) is 147 cm³/mol. The lowest BCUT2D eigenvalue weighted by Gasteiger charge is -2.40. The van der Waals surface area contributed by atoms with Crippen LogP contribution in [-0.2, 0) is 23.9 Å². The molecule has 2 saturated heterocycles. The van der Waals surface area contributed by atoms with Gasteiger partial charge in [0.1, 0.15) is 11.7 Å². The van der Waals surface area contributed by atoms with E-state index >= 15 is 0 Å². The van der Waals surface area contributed by atoms with Crippen LogP contribution in [0.3, 0.4) is 0 Å². The largest absolute Gasteiger partial charge is 0.444 e. The van der Waals surface area contributed by atoms with Crippen LogP contribution < -0.4 is 10.6 Å². The van der Waals surface area contributed by atoms with Gasteiger partial charge in [0.2, 0.25) is 11.8 Å². The Bertz CT molecular complexity index is 1110. The molecule has 1 aliphatic carbocycles. The van der Waals surface area contributed by atoms with Gasteiger partial charge < -0.3 is 29.9 Å². The number of benzene rings is 1. The van der Waals surface area contributed by atoms with Crippen molar-refractivity contribution in [2.24, 2.45) is 0 Å². The van der Waals surface area contributed by atoms with E-state index in [1.807, 2.05) is 25.7 Å². The second-order valence-electron chi connectivity index (χ2n) is 11.5. The third-order valence-electron chi connectivity index (χ3n) is 7.11. The third-order valence-corrected chi connectivity index (χ3v) is 7.11. The molecule has 4 amide bonds. The number of morpholine rings is 1. The molecule has 3 atom stereocenters. The second-order valence-corrected chi connectivity index (χ2v) is 11.5. The summed E-state index contributed by atoms with van der Waals surface area (Å²) in [6.45, 7) is 8.05. The van der Waals surface area contributed by atoms with Crippen LogP contribution in [0.15, 0.2) is 35.9 Å². The summed E-state index contributed by atoms with van der Waals surface area (Å²) in [6, 6.07) is 6.46. The van der Waals surface area contributed by atoms with Gasteiger partial charge in [-0.25, -0.2) is 4.79 Å². The number of allylic oxidation sites excluding steroid dienone is 1. The van der Waals surface area contributed by atoms with E-state index in [1.54, 1.807) is 29.2 Å². The maximum Gasteiger partial charge on any atom is 0.410 e. The molecular weight excluding hydrogens is 500 g/mol. The van der Waals surface area contributed by atoms with E-state index in [1.165, 1.54) is 18.9 Å². The van der Waals surface area contributed by atoms with Crippen LogP contribution >= 0.6 is 0 Å². The van der Waals surface area contributed by atoms with E-state index in [-0.39, 0.29) is 30.2 Å². The van der Waals surface area contributed by atoms with Crippen molar-refractivity contribution in [3.05, 3.63) is 35.9 Å². The molecule has 2 aliphatic heterocycles. The lowest BCUT2D eigenvalue weighted by atomic mass is 9.96. The fourth-order valence-electron chi connectivity index (χ4n) is 5.31. The summed E-state index contributed by atoms with van der Waals surface area (Å²) in [5.74, 6) is -0.759. The number of ether oxygens (including phenoxy) is 2. The van der Waals surface area contributed by atoms with E-state index < -0.39 is 23.9 Å². The van der Waals surface area contributed by atoms with Crippen molar-refractivity contribution in [2.75, 3.05) is 30.3 Å². The zero-order valence-electron chi connectivity index (χ0n) is 23.3. The number of nitrogens with one attached hydrogen (secondary N) is 2. The Hall–Kier alpha value is -3.40. The summed E-state index contributed by atoms with van der Waals surface area (Å²) < 4.78 is 11.7. The molecule has 3 unspecified atom stereocenters. The summed E-state index contributed by atoms with van der Waals surface area (Å²) in [5.41, 5.74) is 1.90. The molecule has 2 N–H and O–H groups in total. The first kappa shape index (κ1) is 28.6. The first-order valence-corrected chi connectivity index (χ1v) is 13.8. The number of rotatable bonds is 7. The van der Waals surface area contributed by atoms with Gasteiger partial charge in [0, 0.05) is 31.4 Å². The molecule has 10 heteroatoms. The number of carbonyl (C=O) groups is 4. The van der Waals surface area contributed by atoms with Crippen molar-refractivity contribution < 1.29 is 28.7 Å². The number of hydrogen-bond donors (Lipinski definition) is 2. The van der Waals surface area contributed by atoms with Gasteiger partial charge in [0.25, 0.3) is 5.91 Å². The van der Waals surface area contributed by atoms with Gasteiger partial charge in [-0.05, 0) is 77.1 Å². The van der Waals surface area contributed by atoms with Crippen LogP contribution in [0.25, 0.3) is 0 Å². The van der Waals surface area contributed by atoms with Gasteiger partial charge in [-0.1, -0.05) is 11.6 Å². The quantitative estimate of drug-likeness (QED) is 0.504. The molecule has 0 bridgehead atoms. The van der Waals surface area contributed by atoms with Gasteiger partial charge >= 0.3 is 6.09 Å². The van der Waals surface area contributed by atoms with Crippen LogP contribution in [0.5, 0.6) is 0 Å². The Kier molecular flexibility index (Phi) is 8.94. The topological polar surface area (TPSA) is 117 Å². The summed E-state index contributed by atoms with van der Waals surface area (Å²) >= 11 is 0. The molecule has 0 radical (unpaired) electrons. The highest BCUT2D eigenvalue weighted by Crippen LogP contribution is 2.30. The molecule has 212 valence electrons. The molecule has 3 aliphatic rings. The van der Waals surface area contributed by atoms with Crippen LogP contribution in [0.2, 0.25) is 0 Å². The van der Waals surface area contributed by atoms with Crippen molar-refractivity contribution >= 4 is 35.2 Å². The number of nitrogens with zero attached hydrogens (tertiary/aromatic N) is 2. The van der Waals surface area contributed by atoms with E-state index in [9.17, 15) is 19.2 Å². The monoisotopic (exact) mass is 540 g/mol. The summed E-state index contributed by atoms with van der Waals surface area (Å²) in [7, 11) is 0. The summed E-state index contributed by atoms with van der Waals surface area (Å²) in [5, 5.41) is 5.48. The molecule has 1 aromatic carbocycles. The van der Waals surface area contributed by atoms with Crippen molar-refractivity contribution in [1.82, 2.24) is 9.80 Å². The molecule has 2 fully saturated rings. The molecular formula is C29H40N4O6. The minimum absolute atomic E-state index is 0.138. The maximum absolute atomic E-state index is 13.6. The number of fused-ring (bicyclic) bond motifs is 1. The molecule has 1 aromatic rings. The van der Waals surface area contributed by atoms with Gasteiger partial charge in [0.15, 0.2) is 0 Å². The lowest BCUT2D eigenvalue weighted by molar-refractivity contribution is -0.168. The Labute approximate surface area is 230 Å². The minimum atomic E-state index is -0.941. The molecule has 0 saturated carbocycles. The molecule has 2 heterocycles. The predicted octanol–water partition coefficient (Wildman–Crippen LogP) is 4.08. The first-order chi connectivity index (χ1) is 18.5. The number of hydrogen-bond acceptors (Lipinski definition) is 6. The van der Waals surface area contributed by atoms with Crippen LogP contribution in [0.1, 0.15) is 66.2 Å². The number of likely N-dealkylation sites (tertiary alicyclic amines) is 1. The van der Waals surface area contributed by atoms with E-state index in [2.05, 4.69) is 16.7 Å². The van der Waals surface area contributed by atoms with Crippen molar-refractivity contribution in [1.29, 1.82) is 0 Å². The molecule has 0 aromatic heterocycles. The lowest BCUT2D eigenvalue weighted by Crippen LogP contribution is -2.58. The van der Waals surface area contributed by atoms with Crippen LogP contribution in [-0.4, -0.2) is 77.1 Å². The normalized spacial score (nSPS) is 23.1. The van der Waals surface area contributed by atoms with Crippen LogP contribution in [0, 0.1) is 0 Å². The minimum Gasteiger partial charge on any atom is -0.444 e. The smallest absolute Gasteiger partial charge is 0.410 e. The fourth-order valence-corrected chi connectivity index (χ4v) is 5.31. The molecule has 39 heavy (non-hydrogen) atoms. The zero-order valence-corrected chi connectivity index (χ0v) is 23.3. The Morgan fingerprint density at radius 1 is 1.05 bits per heavy atom. The van der Waals surface area contributed by atoms with E-state index in [0.29, 0.717) is 31.0 Å². The average molecular weight is 541 g/mol. The van der Waals surface area contributed by atoms with E-state index in [4.69, 9.17) is 9.47 Å². The zero-order chi connectivity index (χ0) is 28.2. The SMILES string of the molecule is CC(=O)Nc1ccc(NC(=O)CC2OC3CN(C(=O)OC(C)(C)C)CC3N(CCC3=CCCCC3)C2=O)cc1. The Morgan fingerprint density at radius 3 is 2.36 bits per heavy atom. The highest BCUT2D eigenvalue weighted by atomic mass is 16.6. The number of anilines is 2. The fraction of sp³-hybridized carbons (Fsp3) is 0.586. The van der Waals surface area contributed by atoms with Crippen molar-refractivity contribution in [3.8, 4) is 0 Å². The number of amides is 4. The Balaban J connectivity index is 1.43. The van der Waals surface area contributed by atoms with Crippen LogP contribution in [0.4, 0.5) is 16.2 Å². The molecule has 10 nitrogen and oxygen atoms in total. The number of carbonyl (C=O) groups excluding carboxylic acids is 4. The molecule has 4 rings (SSSR count). The highest BCUT2D eigenvalue weighted by molar-refractivity contribution is 5.96. The first-order valence-electron chi connectivity index (χ1n) is 13.8. The second kappa shape index (κ2) is 12.2. The average Bonchev–Trinajstić information content (AvgIpc) is 3.28. The highest BCUT2D eigenvalue weighted by Gasteiger charge is 2.49. The van der Waals surface area contributed by atoms with Crippen molar-refractivity contribution in [3.63, 3.8) is 0 Å². The van der Waals surface area contributed by atoms with E-state index in [0.717, 1.165) is 25.7 Å². The summed E-state index contributed by atoms with van der Waals surface area (Å²) in [6.07, 6.45) is 5.62. The van der Waals surface area contributed by atoms with Gasteiger partial charge in [-0.3, -0.25) is 14.4 Å². The van der Waals surface area contributed by atoms with Gasteiger partial charge in [0.05, 0.1) is 25.1 Å².